The maximum atomic E-state index is 11.3. The molecule has 5 nitrogen and oxygen atoms in total. The van der Waals surface area contributed by atoms with E-state index in [4.69, 9.17) is 5.73 Å². The monoisotopic (exact) mass is 290 g/mol. The van der Waals surface area contributed by atoms with Crippen molar-refractivity contribution in [3.05, 3.63) is 3.92 Å². The number of piperidine rings is 1. The molecule has 0 bridgehead atoms. The van der Waals surface area contributed by atoms with Crippen LogP contribution in [-0.2, 0) is 4.79 Å². The van der Waals surface area contributed by atoms with Crippen LogP contribution in [0.2, 0.25) is 0 Å². The standard InChI is InChI=1S/C8H11BrN4OS/c9-7-11-12-8(15-7)13-4-2-1-3-5(13)6(10)14/h5H,1-4H2,(H2,10,14). The summed E-state index contributed by atoms with van der Waals surface area (Å²) < 4.78 is 0.728. The largest absolute Gasteiger partial charge is 0.368 e. The van der Waals surface area contributed by atoms with Gasteiger partial charge in [-0.05, 0) is 35.2 Å². The van der Waals surface area contributed by atoms with Gasteiger partial charge in [0.05, 0.1) is 0 Å². The summed E-state index contributed by atoms with van der Waals surface area (Å²) in [7, 11) is 0. The number of hydrogen-bond donors (Lipinski definition) is 1. The normalized spacial score (nSPS) is 21.7. The van der Waals surface area contributed by atoms with Crippen molar-refractivity contribution in [2.45, 2.75) is 25.3 Å². The Morgan fingerprint density at radius 2 is 2.33 bits per heavy atom. The van der Waals surface area contributed by atoms with Crippen molar-refractivity contribution in [3.8, 4) is 0 Å². The molecule has 1 saturated heterocycles. The highest BCUT2D eigenvalue weighted by molar-refractivity contribution is 9.11. The van der Waals surface area contributed by atoms with Crippen molar-refractivity contribution in [1.29, 1.82) is 0 Å². The maximum Gasteiger partial charge on any atom is 0.240 e. The Morgan fingerprint density at radius 3 is 2.93 bits per heavy atom. The lowest BCUT2D eigenvalue weighted by Crippen LogP contribution is -2.47. The number of carbonyl (C=O) groups excluding carboxylic acids is 1. The average Bonchev–Trinajstić information content (AvgIpc) is 2.65. The quantitative estimate of drug-likeness (QED) is 0.887. The van der Waals surface area contributed by atoms with Gasteiger partial charge in [-0.25, -0.2) is 0 Å². The molecule has 0 saturated carbocycles. The second-order valence-electron chi connectivity index (χ2n) is 3.44. The van der Waals surface area contributed by atoms with E-state index in [-0.39, 0.29) is 11.9 Å². The summed E-state index contributed by atoms with van der Waals surface area (Å²) in [6, 6.07) is -0.224. The topological polar surface area (TPSA) is 72.1 Å². The summed E-state index contributed by atoms with van der Waals surface area (Å²) in [5, 5.41) is 8.66. The number of anilines is 1. The molecular formula is C8H11BrN4OS. The number of hydrogen-bond acceptors (Lipinski definition) is 5. The summed E-state index contributed by atoms with van der Waals surface area (Å²) >= 11 is 4.69. The van der Waals surface area contributed by atoms with E-state index in [1.807, 2.05) is 4.90 Å². The molecule has 7 heteroatoms. The van der Waals surface area contributed by atoms with E-state index in [1.165, 1.54) is 11.3 Å². The number of nitrogens with zero attached hydrogens (tertiary/aromatic N) is 3. The average molecular weight is 291 g/mol. The Balaban J connectivity index is 2.21. The second-order valence-corrected chi connectivity index (χ2v) is 5.68. The molecule has 0 aliphatic carbocycles. The van der Waals surface area contributed by atoms with Crippen LogP contribution >= 0.6 is 27.3 Å². The predicted octanol–water partition coefficient (Wildman–Crippen LogP) is 1.14. The SMILES string of the molecule is NC(=O)C1CCCCN1c1nnc(Br)s1. The van der Waals surface area contributed by atoms with Gasteiger partial charge in [-0.3, -0.25) is 4.79 Å². The molecule has 1 fully saturated rings. The number of primary amides is 1. The Hall–Kier alpha value is -0.690. The fraction of sp³-hybridized carbons (Fsp3) is 0.625. The summed E-state index contributed by atoms with van der Waals surface area (Å²) in [5.74, 6) is -0.277. The van der Waals surface area contributed by atoms with E-state index in [0.29, 0.717) is 0 Å². The molecule has 2 N–H and O–H groups in total. The predicted molar refractivity (Wildman–Crippen MR) is 61.8 cm³/mol. The van der Waals surface area contributed by atoms with Crippen LogP contribution in [-0.4, -0.2) is 28.7 Å². The molecule has 82 valence electrons. The van der Waals surface area contributed by atoms with E-state index in [2.05, 4.69) is 26.1 Å². The van der Waals surface area contributed by atoms with Crippen molar-refractivity contribution in [2.75, 3.05) is 11.4 Å². The molecule has 1 aliphatic heterocycles. The Labute approximate surface area is 99.8 Å². The Morgan fingerprint density at radius 1 is 1.53 bits per heavy atom. The zero-order valence-corrected chi connectivity index (χ0v) is 10.4. The van der Waals surface area contributed by atoms with E-state index in [1.54, 1.807) is 0 Å². The van der Waals surface area contributed by atoms with Crippen molar-refractivity contribution >= 4 is 38.3 Å². The molecule has 2 rings (SSSR count). The van der Waals surface area contributed by atoms with Gasteiger partial charge in [-0.1, -0.05) is 11.3 Å². The van der Waals surface area contributed by atoms with Crippen LogP contribution < -0.4 is 10.6 Å². The van der Waals surface area contributed by atoms with Crippen LogP contribution in [0.15, 0.2) is 3.92 Å². The fourth-order valence-corrected chi connectivity index (χ4v) is 2.93. The maximum absolute atomic E-state index is 11.3. The first-order valence-corrected chi connectivity index (χ1v) is 6.34. The number of carbonyl (C=O) groups is 1. The lowest BCUT2D eigenvalue weighted by Gasteiger charge is -2.32. The first-order valence-electron chi connectivity index (χ1n) is 4.73. The number of halogens is 1. The Kier molecular flexibility index (Phi) is 3.20. The zero-order chi connectivity index (χ0) is 10.8. The first-order chi connectivity index (χ1) is 7.18. The minimum Gasteiger partial charge on any atom is -0.368 e. The Bertz CT molecular complexity index is 369. The van der Waals surface area contributed by atoms with Crippen LogP contribution in [0.3, 0.4) is 0 Å². The van der Waals surface area contributed by atoms with Crippen LogP contribution in [0.5, 0.6) is 0 Å². The van der Waals surface area contributed by atoms with Gasteiger partial charge in [0.25, 0.3) is 0 Å². The lowest BCUT2D eigenvalue weighted by molar-refractivity contribution is -0.119. The molecule has 1 aromatic rings. The number of rotatable bonds is 2. The molecule has 1 aromatic heterocycles. The highest BCUT2D eigenvalue weighted by atomic mass is 79.9. The first kappa shape index (κ1) is 10.8. The van der Waals surface area contributed by atoms with Crippen LogP contribution in [0.25, 0.3) is 0 Å². The number of nitrogens with two attached hydrogens (primary N) is 1. The van der Waals surface area contributed by atoms with Gasteiger partial charge >= 0.3 is 0 Å². The lowest BCUT2D eigenvalue weighted by atomic mass is 10.0. The minimum absolute atomic E-state index is 0.224. The van der Waals surface area contributed by atoms with Crippen LogP contribution in [0.4, 0.5) is 5.13 Å². The van der Waals surface area contributed by atoms with Gasteiger partial charge in [0, 0.05) is 6.54 Å². The van der Waals surface area contributed by atoms with Gasteiger partial charge in [-0.2, -0.15) is 0 Å². The number of amides is 1. The molecule has 0 spiro atoms. The van der Waals surface area contributed by atoms with E-state index in [9.17, 15) is 4.79 Å². The van der Waals surface area contributed by atoms with Gasteiger partial charge in [-0.15, -0.1) is 10.2 Å². The third-order valence-corrected chi connectivity index (χ3v) is 3.86. The summed E-state index contributed by atoms with van der Waals surface area (Å²) in [4.78, 5) is 13.2. The summed E-state index contributed by atoms with van der Waals surface area (Å²) in [5.41, 5.74) is 5.37. The van der Waals surface area contributed by atoms with Gasteiger partial charge in [0.1, 0.15) is 6.04 Å². The fourth-order valence-electron chi connectivity index (χ4n) is 1.77. The third-order valence-electron chi connectivity index (χ3n) is 2.47. The summed E-state index contributed by atoms with van der Waals surface area (Å²) in [6.07, 6.45) is 2.93. The molecular weight excluding hydrogens is 280 g/mol. The van der Waals surface area contributed by atoms with Crippen molar-refractivity contribution in [3.63, 3.8) is 0 Å². The number of aromatic nitrogens is 2. The minimum atomic E-state index is -0.277. The molecule has 1 unspecified atom stereocenters. The van der Waals surface area contributed by atoms with E-state index in [0.717, 1.165) is 34.9 Å². The zero-order valence-electron chi connectivity index (χ0n) is 8.02. The molecule has 1 atom stereocenters. The van der Waals surface area contributed by atoms with Crippen molar-refractivity contribution in [2.24, 2.45) is 5.73 Å². The highest BCUT2D eigenvalue weighted by Gasteiger charge is 2.29. The van der Waals surface area contributed by atoms with Gasteiger partial charge in [0.15, 0.2) is 3.92 Å². The van der Waals surface area contributed by atoms with Crippen LogP contribution in [0.1, 0.15) is 19.3 Å². The van der Waals surface area contributed by atoms with E-state index < -0.39 is 0 Å². The molecule has 15 heavy (non-hydrogen) atoms. The molecule has 1 aliphatic rings. The highest BCUT2D eigenvalue weighted by Crippen LogP contribution is 2.29. The molecule has 2 heterocycles. The molecule has 0 aromatic carbocycles. The van der Waals surface area contributed by atoms with Crippen LogP contribution in [0, 0.1) is 0 Å². The van der Waals surface area contributed by atoms with E-state index >= 15 is 0 Å². The van der Waals surface area contributed by atoms with Crippen molar-refractivity contribution in [1.82, 2.24) is 10.2 Å². The second kappa shape index (κ2) is 4.44. The molecule has 1 amide bonds. The van der Waals surface area contributed by atoms with Gasteiger partial charge < -0.3 is 10.6 Å². The summed E-state index contributed by atoms with van der Waals surface area (Å²) in [6.45, 7) is 0.829. The molecule has 0 radical (unpaired) electrons. The third kappa shape index (κ3) is 2.28. The van der Waals surface area contributed by atoms with Gasteiger partial charge in [0.2, 0.25) is 11.0 Å². The smallest absolute Gasteiger partial charge is 0.240 e. The van der Waals surface area contributed by atoms with Crippen molar-refractivity contribution < 1.29 is 4.79 Å².